The second kappa shape index (κ2) is 8.48. The molecule has 0 radical (unpaired) electrons. The minimum absolute atomic E-state index is 0.148. The molecule has 9 nitrogen and oxygen atoms in total. The van der Waals surface area contributed by atoms with Gasteiger partial charge in [0.25, 0.3) is 5.17 Å². The molecule has 10 heteroatoms. The zero-order valence-corrected chi connectivity index (χ0v) is 18.7. The molecule has 2 heterocycles. The van der Waals surface area contributed by atoms with E-state index in [2.05, 4.69) is 4.98 Å². The Morgan fingerprint density at radius 2 is 1.87 bits per heavy atom. The van der Waals surface area contributed by atoms with Crippen LogP contribution in [-0.2, 0) is 33.3 Å². The monoisotopic (exact) mass is 452 g/mol. The quantitative estimate of drug-likeness (QED) is 0.492. The van der Waals surface area contributed by atoms with E-state index in [0.717, 1.165) is 6.42 Å². The van der Waals surface area contributed by atoms with E-state index in [9.17, 15) is 9.59 Å². The largest absolute Gasteiger partial charge is 0.466 e. The lowest BCUT2D eigenvalue weighted by molar-refractivity contribution is -0.370. The molecule has 1 spiro atoms. The summed E-state index contributed by atoms with van der Waals surface area (Å²) >= 11 is 5.44. The molecule has 0 aromatic carbocycles. The van der Waals surface area contributed by atoms with Gasteiger partial charge in [0.2, 0.25) is 0 Å². The summed E-state index contributed by atoms with van der Waals surface area (Å²) in [4.78, 5) is 30.6. The number of ether oxygens (including phenoxy) is 5. The summed E-state index contributed by atoms with van der Waals surface area (Å²) in [6.07, 6.45) is 5.89. The average molecular weight is 453 g/mol. The van der Waals surface area contributed by atoms with Gasteiger partial charge in [-0.25, -0.2) is 4.98 Å². The summed E-state index contributed by atoms with van der Waals surface area (Å²) in [5.41, 5.74) is -2.14. The van der Waals surface area contributed by atoms with Crippen molar-refractivity contribution in [3.05, 3.63) is 18.7 Å². The number of thiocarbonyl (C=S) groups is 1. The third-order valence-corrected chi connectivity index (χ3v) is 7.00. The van der Waals surface area contributed by atoms with Crippen LogP contribution in [0.4, 0.5) is 0 Å². The number of fused-ring (bicyclic) bond motifs is 2. The topological polar surface area (TPSA) is 98.1 Å². The predicted octanol–water partition coefficient (Wildman–Crippen LogP) is 2.22. The van der Waals surface area contributed by atoms with Crippen molar-refractivity contribution in [2.24, 2.45) is 10.8 Å². The summed E-state index contributed by atoms with van der Waals surface area (Å²) in [6.45, 7) is 4.88. The molecule has 4 aliphatic rings. The standard InChI is InChI=1S/C21H28N2O7S/c1-3-26-16(24)19-6-7-20(17(25)27-4-2,21(13-19)28-10-5-11-29-21)12-15(19)30-18(31)23-9-8-22-14-23/h8-9,14-15H,3-7,10-13H2,1-2H3. The summed E-state index contributed by atoms with van der Waals surface area (Å²) in [5.74, 6) is -2.03. The molecule has 5 rings (SSSR count). The Morgan fingerprint density at radius 3 is 2.52 bits per heavy atom. The Balaban J connectivity index is 1.75. The lowest BCUT2D eigenvalue weighted by Gasteiger charge is -2.62. The predicted molar refractivity (Wildman–Crippen MR) is 111 cm³/mol. The molecule has 3 saturated carbocycles. The van der Waals surface area contributed by atoms with Crippen LogP contribution in [-0.4, -0.2) is 65.0 Å². The fourth-order valence-corrected chi connectivity index (χ4v) is 5.42. The maximum Gasteiger partial charge on any atom is 0.317 e. The van der Waals surface area contributed by atoms with Gasteiger partial charge < -0.3 is 23.7 Å². The normalized spacial score (nSPS) is 31.2. The van der Waals surface area contributed by atoms with Gasteiger partial charge in [0, 0.05) is 25.2 Å². The zero-order valence-electron chi connectivity index (χ0n) is 17.8. The molecule has 170 valence electrons. The number of carbonyl (C=O) groups is 2. The van der Waals surface area contributed by atoms with Gasteiger partial charge in [0.05, 0.1) is 26.4 Å². The fourth-order valence-electron chi connectivity index (χ4n) is 5.19. The molecular formula is C21H28N2O7S. The first-order valence-electron chi connectivity index (χ1n) is 10.7. The summed E-state index contributed by atoms with van der Waals surface area (Å²) < 4.78 is 31.0. The highest BCUT2D eigenvalue weighted by atomic mass is 32.1. The molecule has 31 heavy (non-hydrogen) atoms. The summed E-state index contributed by atoms with van der Waals surface area (Å²) in [5, 5.41) is 0.150. The van der Waals surface area contributed by atoms with Crippen LogP contribution in [0.25, 0.3) is 0 Å². The van der Waals surface area contributed by atoms with Gasteiger partial charge in [-0.1, -0.05) is 0 Å². The van der Waals surface area contributed by atoms with E-state index in [1.54, 1.807) is 30.8 Å². The average Bonchev–Trinajstić information content (AvgIpc) is 3.31. The van der Waals surface area contributed by atoms with Gasteiger partial charge in [-0.05, 0) is 45.3 Å². The Bertz CT molecular complexity index is 839. The third-order valence-electron chi connectivity index (χ3n) is 6.69. The first-order chi connectivity index (χ1) is 14.9. The number of hydrogen-bond acceptors (Lipinski definition) is 9. The van der Waals surface area contributed by atoms with Crippen molar-refractivity contribution in [1.82, 2.24) is 9.55 Å². The first kappa shape index (κ1) is 22.2. The Labute approximate surface area is 186 Å². The minimum Gasteiger partial charge on any atom is -0.466 e. The molecular weight excluding hydrogens is 424 g/mol. The van der Waals surface area contributed by atoms with Crippen molar-refractivity contribution < 1.29 is 33.3 Å². The molecule has 3 atom stereocenters. The van der Waals surface area contributed by atoms with E-state index in [1.165, 1.54) is 6.33 Å². The molecule has 2 bridgehead atoms. The molecule has 0 N–H and O–H groups in total. The van der Waals surface area contributed by atoms with Crippen molar-refractivity contribution in [2.45, 2.75) is 57.8 Å². The van der Waals surface area contributed by atoms with Crippen LogP contribution in [0.15, 0.2) is 18.7 Å². The van der Waals surface area contributed by atoms with Crippen LogP contribution in [0.5, 0.6) is 0 Å². The Morgan fingerprint density at radius 1 is 1.16 bits per heavy atom. The van der Waals surface area contributed by atoms with Gasteiger partial charge in [-0.3, -0.25) is 14.2 Å². The Kier molecular flexibility index (Phi) is 6.06. The van der Waals surface area contributed by atoms with Crippen LogP contribution in [0.3, 0.4) is 0 Å². The number of hydrogen-bond donors (Lipinski definition) is 0. The molecule has 3 unspecified atom stereocenters. The first-order valence-corrected chi connectivity index (χ1v) is 11.2. The van der Waals surface area contributed by atoms with E-state index in [0.29, 0.717) is 26.1 Å². The highest BCUT2D eigenvalue weighted by Gasteiger charge is 2.75. The highest BCUT2D eigenvalue weighted by molar-refractivity contribution is 7.80. The van der Waals surface area contributed by atoms with Gasteiger partial charge in [0.1, 0.15) is 23.3 Å². The van der Waals surface area contributed by atoms with Crippen molar-refractivity contribution >= 4 is 29.3 Å². The minimum atomic E-state index is -1.25. The number of aromatic nitrogens is 2. The van der Waals surface area contributed by atoms with Gasteiger partial charge in [-0.15, -0.1) is 0 Å². The van der Waals surface area contributed by atoms with Crippen LogP contribution in [0.2, 0.25) is 0 Å². The van der Waals surface area contributed by atoms with Gasteiger partial charge >= 0.3 is 11.9 Å². The van der Waals surface area contributed by atoms with Crippen LogP contribution < -0.4 is 0 Å². The molecule has 1 aromatic heterocycles. The molecule has 1 saturated heterocycles. The maximum atomic E-state index is 13.3. The van der Waals surface area contributed by atoms with Crippen molar-refractivity contribution in [3.8, 4) is 0 Å². The number of rotatable bonds is 5. The van der Waals surface area contributed by atoms with E-state index in [-0.39, 0.29) is 37.2 Å². The third kappa shape index (κ3) is 3.44. The van der Waals surface area contributed by atoms with Gasteiger partial charge in [0.15, 0.2) is 5.79 Å². The van der Waals surface area contributed by atoms with Crippen molar-refractivity contribution in [1.29, 1.82) is 0 Å². The SMILES string of the molecule is CCOC(=O)C12CCC(C(=O)OCC)(CC1OC(=S)n1ccnc1)C1(C2)OCCCO1. The zero-order chi connectivity index (χ0) is 22.1. The smallest absolute Gasteiger partial charge is 0.317 e. The molecule has 3 aliphatic carbocycles. The number of esters is 2. The van der Waals surface area contributed by atoms with Crippen LogP contribution in [0.1, 0.15) is 46.0 Å². The Hall–Kier alpha value is -2.04. The van der Waals surface area contributed by atoms with Crippen molar-refractivity contribution in [3.63, 3.8) is 0 Å². The van der Waals surface area contributed by atoms with E-state index < -0.39 is 28.7 Å². The second-order valence-electron chi connectivity index (χ2n) is 8.21. The number of carbonyl (C=O) groups excluding carboxylic acids is 2. The molecule has 0 amide bonds. The number of nitrogens with zero attached hydrogens (tertiary/aromatic N) is 2. The van der Waals surface area contributed by atoms with E-state index in [4.69, 9.17) is 35.9 Å². The summed E-state index contributed by atoms with van der Waals surface area (Å²) in [6, 6.07) is 0. The van der Waals surface area contributed by atoms with Gasteiger partial charge in [-0.2, -0.15) is 0 Å². The molecule has 1 aliphatic heterocycles. The van der Waals surface area contributed by atoms with Crippen molar-refractivity contribution in [2.75, 3.05) is 26.4 Å². The maximum absolute atomic E-state index is 13.3. The second-order valence-corrected chi connectivity index (χ2v) is 8.56. The van der Waals surface area contributed by atoms with E-state index in [1.807, 2.05) is 0 Å². The fraction of sp³-hybridized carbons (Fsp3) is 0.714. The van der Waals surface area contributed by atoms with Crippen LogP contribution >= 0.6 is 12.2 Å². The van der Waals surface area contributed by atoms with Crippen LogP contribution in [0, 0.1) is 10.8 Å². The summed E-state index contributed by atoms with van der Waals surface area (Å²) in [7, 11) is 0. The molecule has 1 aromatic rings. The highest BCUT2D eigenvalue weighted by Crippen LogP contribution is 2.65. The lowest BCUT2D eigenvalue weighted by atomic mass is 9.49. The van der Waals surface area contributed by atoms with E-state index >= 15 is 0 Å². The molecule has 4 fully saturated rings. The number of imidazole rings is 1. The lowest BCUT2D eigenvalue weighted by Crippen LogP contribution is -2.72.